The second-order valence-corrected chi connectivity index (χ2v) is 5.51. The first-order valence-corrected chi connectivity index (χ1v) is 7.28. The van der Waals surface area contributed by atoms with Gasteiger partial charge in [0.15, 0.2) is 11.5 Å². The van der Waals surface area contributed by atoms with E-state index in [-0.39, 0.29) is 5.75 Å². The maximum Gasteiger partial charge on any atom is 0.161 e. The normalized spacial score (nSPS) is 10.3. The zero-order valence-electron chi connectivity index (χ0n) is 12.2. The summed E-state index contributed by atoms with van der Waals surface area (Å²) >= 11 is 3.54. The molecule has 0 heterocycles. The fraction of sp³-hybridized carbons (Fsp3) is 0.250. The van der Waals surface area contributed by atoms with Crippen LogP contribution in [0.5, 0.6) is 17.2 Å². The summed E-state index contributed by atoms with van der Waals surface area (Å²) in [5.41, 5.74) is 3.03. The number of hydrogen-bond acceptors (Lipinski definition) is 4. The number of phenols is 1. The van der Waals surface area contributed by atoms with Crippen LogP contribution in [0.15, 0.2) is 34.8 Å². The number of methoxy groups -OCH3 is 2. The van der Waals surface area contributed by atoms with Crippen LogP contribution in [-0.4, -0.2) is 19.3 Å². The van der Waals surface area contributed by atoms with Gasteiger partial charge in [0.25, 0.3) is 0 Å². The Hall–Kier alpha value is -1.88. The summed E-state index contributed by atoms with van der Waals surface area (Å²) in [5, 5.41) is 12.8. The zero-order valence-corrected chi connectivity index (χ0v) is 13.8. The number of halogens is 1. The lowest BCUT2D eigenvalue weighted by Gasteiger charge is -2.14. The number of ether oxygens (including phenoxy) is 2. The number of nitrogens with one attached hydrogen (secondary N) is 1. The van der Waals surface area contributed by atoms with Crippen LogP contribution in [0.1, 0.15) is 11.1 Å². The smallest absolute Gasteiger partial charge is 0.161 e. The van der Waals surface area contributed by atoms with Crippen molar-refractivity contribution in [2.75, 3.05) is 19.5 Å². The van der Waals surface area contributed by atoms with Gasteiger partial charge in [-0.05, 0) is 48.4 Å². The standard InChI is InChI=1S/C16H18BrNO3/c1-10-6-12(19)4-5-14(10)18-9-11-7-15(20-2)16(21-3)8-13(11)17/h4-8,18-19H,9H2,1-3H3. The fourth-order valence-electron chi connectivity index (χ4n) is 2.07. The van der Waals surface area contributed by atoms with Crippen molar-refractivity contribution in [2.45, 2.75) is 13.5 Å². The molecule has 0 saturated heterocycles. The Bertz CT molecular complexity index is 644. The third kappa shape index (κ3) is 3.61. The summed E-state index contributed by atoms with van der Waals surface area (Å²) in [6.07, 6.45) is 0. The second kappa shape index (κ2) is 6.72. The molecular weight excluding hydrogens is 334 g/mol. The van der Waals surface area contributed by atoms with Gasteiger partial charge >= 0.3 is 0 Å². The molecule has 112 valence electrons. The number of benzene rings is 2. The highest BCUT2D eigenvalue weighted by Crippen LogP contribution is 2.33. The fourth-order valence-corrected chi connectivity index (χ4v) is 2.53. The van der Waals surface area contributed by atoms with Crippen molar-refractivity contribution in [3.05, 3.63) is 45.9 Å². The van der Waals surface area contributed by atoms with E-state index in [0.717, 1.165) is 21.3 Å². The number of aryl methyl sites for hydroxylation is 1. The lowest BCUT2D eigenvalue weighted by atomic mass is 10.1. The first kappa shape index (κ1) is 15.5. The molecule has 0 atom stereocenters. The SMILES string of the molecule is COc1cc(Br)c(CNc2ccc(O)cc2C)cc1OC. The van der Waals surface area contributed by atoms with E-state index in [4.69, 9.17) is 9.47 Å². The molecule has 0 aliphatic carbocycles. The van der Waals surface area contributed by atoms with Crippen molar-refractivity contribution in [2.24, 2.45) is 0 Å². The van der Waals surface area contributed by atoms with E-state index in [9.17, 15) is 5.11 Å². The van der Waals surface area contributed by atoms with Crippen LogP contribution < -0.4 is 14.8 Å². The number of aromatic hydroxyl groups is 1. The highest BCUT2D eigenvalue weighted by molar-refractivity contribution is 9.10. The molecule has 2 N–H and O–H groups in total. The Balaban J connectivity index is 2.19. The topological polar surface area (TPSA) is 50.7 Å². The Kier molecular flexibility index (Phi) is 4.96. The summed E-state index contributed by atoms with van der Waals surface area (Å²) in [6, 6.07) is 9.08. The van der Waals surface area contributed by atoms with Gasteiger partial charge in [-0.3, -0.25) is 0 Å². The molecule has 0 spiro atoms. The summed E-state index contributed by atoms with van der Waals surface area (Å²) in [6.45, 7) is 2.58. The minimum absolute atomic E-state index is 0.269. The van der Waals surface area contributed by atoms with Gasteiger partial charge < -0.3 is 19.9 Å². The van der Waals surface area contributed by atoms with Crippen LogP contribution >= 0.6 is 15.9 Å². The third-order valence-electron chi connectivity index (χ3n) is 3.23. The van der Waals surface area contributed by atoms with Crippen LogP contribution in [0, 0.1) is 6.92 Å². The highest BCUT2D eigenvalue weighted by Gasteiger charge is 2.10. The van der Waals surface area contributed by atoms with Gasteiger partial charge in [0.1, 0.15) is 5.75 Å². The minimum Gasteiger partial charge on any atom is -0.508 e. The zero-order chi connectivity index (χ0) is 15.4. The first-order chi connectivity index (χ1) is 10.0. The van der Waals surface area contributed by atoms with Crippen molar-refractivity contribution >= 4 is 21.6 Å². The van der Waals surface area contributed by atoms with Gasteiger partial charge in [0, 0.05) is 16.7 Å². The predicted molar refractivity (Wildman–Crippen MR) is 87.4 cm³/mol. The van der Waals surface area contributed by atoms with Crippen molar-refractivity contribution in [1.29, 1.82) is 0 Å². The molecule has 0 aromatic heterocycles. The number of anilines is 1. The van der Waals surface area contributed by atoms with Gasteiger partial charge in [-0.1, -0.05) is 15.9 Å². The Morgan fingerprint density at radius 2 is 1.76 bits per heavy atom. The quantitative estimate of drug-likeness (QED) is 0.796. The van der Waals surface area contributed by atoms with Crippen LogP contribution in [-0.2, 0) is 6.54 Å². The molecule has 4 nitrogen and oxygen atoms in total. The average molecular weight is 352 g/mol. The molecule has 21 heavy (non-hydrogen) atoms. The van der Waals surface area contributed by atoms with Crippen LogP contribution in [0.2, 0.25) is 0 Å². The number of phenolic OH excluding ortho intramolecular Hbond substituents is 1. The van der Waals surface area contributed by atoms with Crippen LogP contribution in [0.25, 0.3) is 0 Å². The second-order valence-electron chi connectivity index (χ2n) is 4.65. The molecule has 2 aromatic carbocycles. The Labute approximate surface area is 132 Å². The maximum atomic E-state index is 9.43. The minimum atomic E-state index is 0.269. The molecule has 0 fully saturated rings. The average Bonchev–Trinajstić information content (AvgIpc) is 2.47. The van der Waals surface area contributed by atoms with Gasteiger partial charge in [0.05, 0.1) is 14.2 Å². The largest absolute Gasteiger partial charge is 0.508 e. The predicted octanol–water partition coefficient (Wildman–Crippen LogP) is 4.09. The number of hydrogen-bond donors (Lipinski definition) is 2. The molecule has 0 amide bonds. The molecule has 0 unspecified atom stereocenters. The van der Waals surface area contributed by atoms with E-state index in [2.05, 4.69) is 21.2 Å². The molecule has 2 rings (SSSR count). The van der Waals surface area contributed by atoms with E-state index < -0.39 is 0 Å². The molecule has 0 radical (unpaired) electrons. The molecule has 2 aromatic rings. The van der Waals surface area contributed by atoms with Crippen molar-refractivity contribution < 1.29 is 14.6 Å². The molecule has 0 saturated carbocycles. The van der Waals surface area contributed by atoms with Gasteiger partial charge in [-0.2, -0.15) is 0 Å². The van der Waals surface area contributed by atoms with E-state index in [0.29, 0.717) is 18.0 Å². The van der Waals surface area contributed by atoms with Gasteiger partial charge in [-0.25, -0.2) is 0 Å². The summed E-state index contributed by atoms with van der Waals surface area (Å²) in [4.78, 5) is 0. The summed E-state index contributed by atoms with van der Waals surface area (Å²) in [7, 11) is 3.23. The highest BCUT2D eigenvalue weighted by atomic mass is 79.9. The Morgan fingerprint density at radius 1 is 1.10 bits per heavy atom. The summed E-state index contributed by atoms with van der Waals surface area (Å²) < 4.78 is 11.5. The third-order valence-corrected chi connectivity index (χ3v) is 3.97. The molecular formula is C16H18BrNO3. The van der Waals surface area contributed by atoms with Gasteiger partial charge in [-0.15, -0.1) is 0 Å². The molecule has 5 heteroatoms. The van der Waals surface area contributed by atoms with Crippen molar-refractivity contribution in [3.63, 3.8) is 0 Å². The van der Waals surface area contributed by atoms with E-state index in [1.54, 1.807) is 26.4 Å². The van der Waals surface area contributed by atoms with Crippen molar-refractivity contribution in [1.82, 2.24) is 0 Å². The number of rotatable bonds is 5. The molecule has 0 aliphatic rings. The van der Waals surface area contributed by atoms with E-state index >= 15 is 0 Å². The molecule has 0 aliphatic heterocycles. The lowest BCUT2D eigenvalue weighted by molar-refractivity contribution is 0.354. The van der Waals surface area contributed by atoms with Crippen molar-refractivity contribution in [3.8, 4) is 17.2 Å². The maximum absolute atomic E-state index is 9.43. The Morgan fingerprint density at radius 3 is 2.38 bits per heavy atom. The van der Waals surface area contributed by atoms with E-state index in [1.807, 2.05) is 25.1 Å². The summed E-state index contributed by atoms with van der Waals surface area (Å²) in [5.74, 6) is 1.65. The monoisotopic (exact) mass is 351 g/mol. The van der Waals surface area contributed by atoms with Gasteiger partial charge in [0.2, 0.25) is 0 Å². The first-order valence-electron chi connectivity index (χ1n) is 6.49. The van der Waals surface area contributed by atoms with Crippen LogP contribution in [0.3, 0.4) is 0 Å². The lowest BCUT2D eigenvalue weighted by Crippen LogP contribution is -2.03. The molecule has 0 bridgehead atoms. The van der Waals surface area contributed by atoms with Crippen LogP contribution in [0.4, 0.5) is 5.69 Å². The van der Waals surface area contributed by atoms with E-state index in [1.165, 1.54) is 0 Å².